The Bertz CT molecular complexity index is 566. The van der Waals surface area contributed by atoms with Crippen LogP contribution >= 0.6 is 11.3 Å². The van der Waals surface area contributed by atoms with Crippen molar-refractivity contribution in [1.82, 2.24) is 25.1 Å². The van der Waals surface area contributed by atoms with E-state index in [4.69, 9.17) is 5.11 Å². The van der Waals surface area contributed by atoms with Gasteiger partial charge in [-0.3, -0.25) is 5.32 Å². The summed E-state index contributed by atoms with van der Waals surface area (Å²) < 4.78 is 1.58. The lowest BCUT2D eigenvalue weighted by Gasteiger charge is -2.05. The Kier molecular flexibility index (Phi) is 4.03. The van der Waals surface area contributed by atoms with Gasteiger partial charge in [-0.05, 0) is 0 Å². The van der Waals surface area contributed by atoms with Crippen LogP contribution in [0, 0.1) is 0 Å². The third-order valence-electron chi connectivity index (χ3n) is 2.09. The predicted octanol–water partition coefficient (Wildman–Crippen LogP) is 0.254. The molecule has 0 saturated carbocycles. The molecule has 2 heterocycles. The van der Waals surface area contributed by atoms with Crippen LogP contribution in [0.1, 0.15) is 10.5 Å². The molecule has 0 radical (unpaired) electrons. The van der Waals surface area contributed by atoms with Crippen molar-refractivity contribution in [2.75, 3.05) is 11.9 Å². The maximum Gasteiger partial charge on any atom is 0.356 e. The first-order valence-corrected chi connectivity index (χ1v) is 6.09. The van der Waals surface area contributed by atoms with E-state index in [1.807, 2.05) is 0 Å². The third kappa shape index (κ3) is 3.74. The van der Waals surface area contributed by atoms with Crippen LogP contribution in [0.15, 0.2) is 18.0 Å². The number of nitrogens with one attached hydrogen (secondary N) is 2. The summed E-state index contributed by atoms with van der Waals surface area (Å²) in [6, 6.07) is -0.393. The second-order valence-electron chi connectivity index (χ2n) is 3.43. The van der Waals surface area contributed by atoms with E-state index in [0.717, 1.165) is 0 Å². The highest BCUT2D eigenvalue weighted by atomic mass is 32.1. The number of carboxylic acids is 1. The lowest BCUT2D eigenvalue weighted by Crippen LogP contribution is -2.31. The minimum Gasteiger partial charge on any atom is -0.476 e. The van der Waals surface area contributed by atoms with E-state index in [0.29, 0.717) is 18.2 Å². The number of carbonyl (C=O) groups is 2. The summed E-state index contributed by atoms with van der Waals surface area (Å²) in [6.45, 7) is 0.754. The minimum absolute atomic E-state index is 0.0293. The van der Waals surface area contributed by atoms with Crippen molar-refractivity contribution >= 4 is 28.5 Å². The maximum atomic E-state index is 11.4. The molecule has 0 aliphatic carbocycles. The van der Waals surface area contributed by atoms with Crippen molar-refractivity contribution in [2.24, 2.45) is 0 Å². The van der Waals surface area contributed by atoms with Crippen molar-refractivity contribution in [3.8, 4) is 0 Å². The number of carboxylic acid groups (broad SMARTS) is 1. The number of nitrogens with zero attached hydrogens (tertiary/aromatic N) is 4. The smallest absolute Gasteiger partial charge is 0.356 e. The van der Waals surface area contributed by atoms with Crippen LogP contribution in [0.3, 0.4) is 0 Å². The first-order chi connectivity index (χ1) is 9.15. The van der Waals surface area contributed by atoms with Gasteiger partial charge in [0.25, 0.3) is 0 Å². The van der Waals surface area contributed by atoms with Crippen LogP contribution in [0.25, 0.3) is 0 Å². The summed E-state index contributed by atoms with van der Waals surface area (Å²) in [5.74, 6) is -1.08. The fourth-order valence-corrected chi connectivity index (χ4v) is 1.70. The molecule has 0 bridgehead atoms. The lowest BCUT2D eigenvalue weighted by atomic mass is 10.5. The molecular formula is C9H10N6O3S. The second-order valence-corrected chi connectivity index (χ2v) is 4.26. The molecule has 0 aromatic carbocycles. The summed E-state index contributed by atoms with van der Waals surface area (Å²) in [6.07, 6.45) is 2.79. The monoisotopic (exact) mass is 282 g/mol. The van der Waals surface area contributed by atoms with Crippen molar-refractivity contribution < 1.29 is 14.7 Å². The van der Waals surface area contributed by atoms with Crippen LogP contribution in [-0.2, 0) is 6.54 Å². The fourth-order valence-electron chi connectivity index (χ4n) is 1.26. The number of rotatable bonds is 5. The minimum atomic E-state index is -1.08. The van der Waals surface area contributed by atoms with Gasteiger partial charge in [0.2, 0.25) is 5.13 Å². The summed E-state index contributed by atoms with van der Waals surface area (Å²) in [5, 5.41) is 21.4. The molecule has 0 aliphatic heterocycles. The van der Waals surface area contributed by atoms with Gasteiger partial charge in [-0.1, -0.05) is 11.3 Å². The number of imidazole rings is 1. The molecule has 0 saturated heterocycles. The fraction of sp³-hybridized carbons (Fsp3) is 0.222. The van der Waals surface area contributed by atoms with Gasteiger partial charge < -0.3 is 15.0 Å². The number of hydrogen-bond donors (Lipinski definition) is 3. The Labute approximate surface area is 111 Å². The lowest BCUT2D eigenvalue weighted by molar-refractivity contribution is 0.0691. The number of carbonyl (C=O) groups excluding carboxylic acids is 1. The molecule has 0 spiro atoms. The molecule has 0 unspecified atom stereocenters. The number of amides is 2. The Hall–Kier alpha value is -2.49. The molecule has 3 N–H and O–H groups in total. The van der Waals surface area contributed by atoms with E-state index in [-0.39, 0.29) is 5.69 Å². The van der Waals surface area contributed by atoms with Gasteiger partial charge >= 0.3 is 12.0 Å². The zero-order valence-corrected chi connectivity index (χ0v) is 10.4. The van der Waals surface area contributed by atoms with E-state index < -0.39 is 12.0 Å². The van der Waals surface area contributed by atoms with Crippen LogP contribution in [0.4, 0.5) is 9.93 Å². The number of aromatic nitrogens is 4. The first-order valence-electron chi connectivity index (χ1n) is 5.21. The number of urea groups is 1. The molecule has 2 aromatic rings. The van der Waals surface area contributed by atoms with E-state index in [1.165, 1.54) is 29.4 Å². The predicted molar refractivity (Wildman–Crippen MR) is 66.1 cm³/mol. The summed E-state index contributed by atoms with van der Waals surface area (Å²) in [7, 11) is 0. The molecule has 19 heavy (non-hydrogen) atoms. The highest BCUT2D eigenvalue weighted by Gasteiger charge is 2.07. The summed E-state index contributed by atoms with van der Waals surface area (Å²) in [4.78, 5) is 25.7. The van der Waals surface area contributed by atoms with Gasteiger partial charge in [-0.2, -0.15) is 0 Å². The normalized spacial score (nSPS) is 10.1. The van der Waals surface area contributed by atoms with Gasteiger partial charge in [0, 0.05) is 19.3 Å². The molecule has 2 aromatic heterocycles. The average molecular weight is 282 g/mol. The molecular weight excluding hydrogens is 272 g/mol. The first kappa shape index (κ1) is 13.0. The van der Waals surface area contributed by atoms with E-state index in [2.05, 4.69) is 25.8 Å². The van der Waals surface area contributed by atoms with E-state index in [9.17, 15) is 9.59 Å². The van der Waals surface area contributed by atoms with Crippen molar-refractivity contribution in [1.29, 1.82) is 0 Å². The topological polar surface area (TPSA) is 122 Å². The highest BCUT2D eigenvalue weighted by Crippen LogP contribution is 2.06. The van der Waals surface area contributed by atoms with E-state index in [1.54, 1.807) is 4.57 Å². The molecule has 0 atom stereocenters. The largest absolute Gasteiger partial charge is 0.476 e. The molecule has 9 nitrogen and oxygen atoms in total. The standard InChI is InChI=1S/C9H10N6O3S/c16-7(17)6-3-15(4-11-6)2-1-10-8(18)13-9-14-12-5-19-9/h3-5H,1-2H2,(H,16,17)(H2,10,13,14,18). The Morgan fingerprint density at radius 2 is 2.32 bits per heavy atom. The third-order valence-corrected chi connectivity index (χ3v) is 2.70. The zero-order valence-electron chi connectivity index (χ0n) is 9.61. The molecule has 0 fully saturated rings. The molecule has 2 rings (SSSR count). The van der Waals surface area contributed by atoms with Crippen molar-refractivity contribution in [3.63, 3.8) is 0 Å². The van der Waals surface area contributed by atoms with E-state index >= 15 is 0 Å². The van der Waals surface area contributed by atoms with Gasteiger partial charge in [0.05, 0.1) is 6.33 Å². The number of anilines is 1. The Morgan fingerprint density at radius 1 is 1.47 bits per heavy atom. The molecule has 100 valence electrons. The quantitative estimate of drug-likeness (QED) is 0.722. The van der Waals surface area contributed by atoms with Crippen LogP contribution < -0.4 is 10.6 Å². The van der Waals surface area contributed by atoms with Crippen LogP contribution in [0.5, 0.6) is 0 Å². The summed E-state index contributed by atoms with van der Waals surface area (Å²) >= 11 is 1.21. The molecule has 10 heteroatoms. The maximum absolute atomic E-state index is 11.4. The Morgan fingerprint density at radius 3 is 2.95 bits per heavy atom. The van der Waals surface area contributed by atoms with Gasteiger partial charge in [-0.15, -0.1) is 10.2 Å². The Balaban J connectivity index is 1.73. The SMILES string of the molecule is O=C(NCCn1cnc(C(=O)O)c1)Nc1nncs1. The van der Waals surface area contributed by atoms with Crippen LogP contribution in [0.2, 0.25) is 0 Å². The van der Waals surface area contributed by atoms with Gasteiger partial charge in [0.15, 0.2) is 5.69 Å². The average Bonchev–Trinajstić information content (AvgIpc) is 3.00. The van der Waals surface area contributed by atoms with Crippen LogP contribution in [-0.4, -0.2) is 43.4 Å². The van der Waals surface area contributed by atoms with Gasteiger partial charge in [-0.25, -0.2) is 14.6 Å². The molecule has 2 amide bonds. The van der Waals surface area contributed by atoms with Crippen molar-refractivity contribution in [3.05, 3.63) is 23.7 Å². The highest BCUT2D eigenvalue weighted by molar-refractivity contribution is 7.13. The second kappa shape index (κ2) is 5.91. The summed E-state index contributed by atoms with van der Waals surface area (Å²) in [5.41, 5.74) is 1.48. The number of hydrogen-bond acceptors (Lipinski definition) is 6. The van der Waals surface area contributed by atoms with Gasteiger partial charge in [0.1, 0.15) is 5.51 Å². The zero-order chi connectivity index (χ0) is 13.7. The number of aromatic carboxylic acids is 1. The molecule has 0 aliphatic rings. The van der Waals surface area contributed by atoms with Crippen molar-refractivity contribution in [2.45, 2.75) is 6.54 Å².